The van der Waals surface area contributed by atoms with Crippen molar-refractivity contribution in [1.29, 1.82) is 0 Å². The van der Waals surface area contributed by atoms with Crippen molar-refractivity contribution in [2.75, 3.05) is 19.7 Å². The fourth-order valence-electron chi connectivity index (χ4n) is 2.33. The topological polar surface area (TPSA) is 35.5 Å². The Balaban J connectivity index is 1.71. The van der Waals surface area contributed by atoms with E-state index >= 15 is 0 Å². The molecule has 2 atom stereocenters. The first-order valence-electron chi connectivity index (χ1n) is 5.94. The van der Waals surface area contributed by atoms with Crippen LogP contribution >= 0.6 is 0 Å². The lowest BCUT2D eigenvalue weighted by atomic mass is 10.2. The number of hydrogen-bond donors (Lipinski definition) is 2. The Morgan fingerprint density at radius 2 is 2.21 bits per heavy atom. The first-order chi connectivity index (χ1) is 6.83. The van der Waals surface area contributed by atoms with Gasteiger partial charge in [0.15, 0.2) is 0 Å². The van der Waals surface area contributed by atoms with Crippen molar-refractivity contribution in [3.63, 3.8) is 0 Å². The lowest BCUT2D eigenvalue weighted by Gasteiger charge is -2.20. The van der Waals surface area contributed by atoms with Gasteiger partial charge in [0.1, 0.15) is 0 Å². The first kappa shape index (κ1) is 10.4. The van der Waals surface area contributed by atoms with Crippen molar-refractivity contribution in [3.8, 4) is 0 Å². The number of likely N-dealkylation sites (tertiary alicyclic amines) is 1. The summed E-state index contributed by atoms with van der Waals surface area (Å²) in [6.45, 7) is 4.85. The molecule has 2 N–H and O–H groups in total. The van der Waals surface area contributed by atoms with Crippen molar-refractivity contribution in [2.24, 2.45) is 0 Å². The van der Waals surface area contributed by atoms with E-state index in [1.807, 2.05) is 0 Å². The Labute approximate surface area is 86.5 Å². The normalized spacial score (nSPS) is 30.9. The Hall–Kier alpha value is -0.120. The second kappa shape index (κ2) is 4.60. The molecule has 1 aliphatic carbocycles. The second-order valence-electron chi connectivity index (χ2n) is 4.67. The molecule has 1 saturated heterocycles. The van der Waals surface area contributed by atoms with E-state index in [1.165, 1.54) is 32.4 Å². The zero-order valence-electron chi connectivity index (χ0n) is 9.08. The minimum absolute atomic E-state index is 0.274. The summed E-state index contributed by atoms with van der Waals surface area (Å²) in [5.74, 6) is 0. The fourth-order valence-corrected chi connectivity index (χ4v) is 2.33. The molecule has 2 unspecified atom stereocenters. The van der Waals surface area contributed by atoms with Crippen LogP contribution in [0.25, 0.3) is 0 Å². The van der Waals surface area contributed by atoms with Gasteiger partial charge in [0, 0.05) is 31.2 Å². The summed E-state index contributed by atoms with van der Waals surface area (Å²) in [6.07, 6.45) is 5.09. The zero-order valence-corrected chi connectivity index (χ0v) is 9.08. The van der Waals surface area contributed by atoms with Gasteiger partial charge in [-0.3, -0.25) is 4.90 Å². The minimum atomic E-state index is 0.274. The average molecular weight is 198 g/mol. The molecule has 1 aliphatic heterocycles. The highest BCUT2D eigenvalue weighted by Crippen LogP contribution is 2.29. The van der Waals surface area contributed by atoms with Gasteiger partial charge in [0.25, 0.3) is 0 Å². The molecule has 2 aliphatic rings. The molecule has 2 rings (SSSR count). The summed E-state index contributed by atoms with van der Waals surface area (Å²) in [5.41, 5.74) is 0. The lowest BCUT2D eigenvalue weighted by Crippen LogP contribution is -2.41. The number of rotatable bonds is 5. The standard InChI is InChI=1S/C11H22N2O/c1-2-9(8-14)12-10-5-6-13(7-10)11-3-4-11/h9-12,14H,2-8H2,1H3. The van der Waals surface area contributed by atoms with Gasteiger partial charge in [0.05, 0.1) is 6.61 Å². The van der Waals surface area contributed by atoms with E-state index in [4.69, 9.17) is 5.11 Å². The van der Waals surface area contributed by atoms with Crippen molar-refractivity contribution < 1.29 is 5.11 Å². The van der Waals surface area contributed by atoms with Gasteiger partial charge in [-0.05, 0) is 25.7 Å². The van der Waals surface area contributed by atoms with Crippen LogP contribution in [0.2, 0.25) is 0 Å². The van der Waals surface area contributed by atoms with E-state index in [1.54, 1.807) is 0 Å². The molecule has 3 nitrogen and oxygen atoms in total. The first-order valence-corrected chi connectivity index (χ1v) is 5.94. The van der Waals surface area contributed by atoms with E-state index in [-0.39, 0.29) is 6.61 Å². The molecule has 2 fully saturated rings. The third kappa shape index (κ3) is 2.47. The van der Waals surface area contributed by atoms with Gasteiger partial charge in [-0.1, -0.05) is 6.92 Å². The second-order valence-corrected chi connectivity index (χ2v) is 4.67. The number of aliphatic hydroxyl groups excluding tert-OH is 1. The van der Waals surface area contributed by atoms with Gasteiger partial charge in [-0.2, -0.15) is 0 Å². The smallest absolute Gasteiger partial charge is 0.0584 e. The molecule has 0 aromatic rings. The van der Waals surface area contributed by atoms with Gasteiger partial charge in [-0.15, -0.1) is 0 Å². The molecule has 82 valence electrons. The fraction of sp³-hybridized carbons (Fsp3) is 1.00. The van der Waals surface area contributed by atoms with E-state index in [2.05, 4.69) is 17.1 Å². The molecule has 14 heavy (non-hydrogen) atoms. The summed E-state index contributed by atoms with van der Waals surface area (Å²) in [4.78, 5) is 2.60. The Morgan fingerprint density at radius 1 is 1.43 bits per heavy atom. The maximum absolute atomic E-state index is 9.10. The Bertz CT molecular complexity index is 178. The van der Waals surface area contributed by atoms with Crippen LogP contribution < -0.4 is 5.32 Å². The number of nitrogens with one attached hydrogen (secondary N) is 1. The molecule has 3 heteroatoms. The molecule has 0 bridgehead atoms. The lowest BCUT2D eigenvalue weighted by molar-refractivity contribution is 0.225. The summed E-state index contributed by atoms with van der Waals surface area (Å²) in [7, 11) is 0. The van der Waals surface area contributed by atoms with Crippen LogP contribution in [0.5, 0.6) is 0 Å². The van der Waals surface area contributed by atoms with Crippen LogP contribution in [0, 0.1) is 0 Å². The molecule has 0 amide bonds. The highest BCUT2D eigenvalue weighted by Gasteiger charge is 2.34. The molecule has 0 aromatic heterocycles. The highest BCUT2D eigenvalue weighted by atomic mass is 16.3. The Kier molecular flexibility index (Phi) is 3.42. The predicted octanol–water partition coefficient (Wildman–Crippen LogP) is 0.584. The van der Waals surface area contributed by atoms with Gasteiger partial charge < -0.3 is 10.4 Å². The monoisotopic (exact) mass is 198 g/mol. The highest BCUT2D eigenvalue weighted by molar-refractivity contribution is 4.92. The van der Waals surface area contributed by atoms with Crippen LogP contribution in [0.1, 0.15) is 32.6 Å². The molecule has 0 aromatic carbocycles. The molecular weight excluding hydrogens is 176 g/mol. The van der Waals surface area contributed by atoms with Gasteiger partial charge >= 0.3 is 0 Å². The largest absolute Gasteiger partial charge is 0.395 e. The van der Waals surface area contributed by atoms with E-state index in [0.717, 1.165) is 12.5 Å². The summed E-state index contributed by atoms with van der Waals surface area (Å²) in [6, 6.07) is 1.82. The van der Waals surface area contributed by atoms with Crippen molar-refractivity contribution >= 4 is 0 Å². The maximum atomic E-state index is 9.10. The molecule has 0 spiro atoms. The Morgan fingerprint density at radius 3 is 2.79 bits per heavy atom. The minimum Gasteiger partial charge on any atom is -0.395 e. The van der Waals surface area contributed by atoms with Crippen LogP contribution in [-0.2, 0) is 0 Å². The van der Waals surface area contributed by atoms with E-state index in [0.29, 0.717) is 12.1 Å². The SMILES string of the molecule is CCC(CO)NC1CCN(C2CC2)C1. The average Bonchev–Trinajstić information content (AvgIpc) is 2.96. The molecule has 1 heterocycles. The number of aliphatic hydroxyl groups is 1. The molecular formula is C11H22N2O. The summed E-state index contributed by atoms with van der Waals surface area (Å²) >= 11 is 0. The van der Waals surface area contributed by atoms with Crippen LogP contribution in [-0.4, -0.2) is 47.8 Å². The van der Waals surface area contributed by atoms with Crippen LogP contribution in [0.15, 0.2) is 0 Å². The predicted molar refractivity (Wildman–Crippen MR) is 57.3 cm³/mol. The molecule has 1 saturated carbocycles. The van der Waals surface area contributed by atoms with Crippen molar-refractivity contribution in [2.45, 2.75) is 50.7 Å². The van der Waals surface area contributed by atoms with Gasteiger partial charge in [-0.25, -0.2) is 0 Å². The zero-order chi connectivity index (χ0) is 9.97. The van der Waals surface area contributed by atoms with Crippen LogP contribution in [0.3, 0.4) is 0 Å². The van der Waals surface area contributed by atoms with Crippen LogP contribution in [0.4, 0.5) is 0 Å². The third-order valence-corrected chi connectivity index (χ3v) is 3.47. The summed E-state index contributed by atoms with van der Waals surface area (Å²) in [5, 5.41) is 12.6. The van der Waals surface area contributed by atoms with E-state index in [9.17, 15) is 0 Å². The quantitative estimate of drug-likeness (QED) is 0.678. The van der Waals surface area contributed by atoms with Crippen molar-refractivity contribution in [1.82, 2.24) is 10.2 Å². The molecule has 0 radical (unpaired) electrons. The van der Waals surface area contributed by atoms with Crippen molar-refractivity contribution in [3.05, 3.63) is 0 Å². The number of nitrogens with zero attached hydrogens (tertiary/aromatic N) is 1. The third-order valence-electron chi connectivity index (χ3n) is 3.47. The van der Waals surface area contributed by atoms with E-state index < -0.39 is 0 Å². The van der Waals surface area contributed by atoms with Gasteiger partial charge in [0.2, 0.25) is 0 Å². The number of hydrogen-bond acceptors (Lipinski definition) is 3. The summed E-state index contributed by atoms with van der Waals surface area (Å²) < 4.78 is 0. The maximum Gasteiger partial charge on any atom is 0.0584 e.